The first-order chi connectivity index (χ1) is 9.77. The highest BCUT2D eigenvalue weighted by molar-refractivity contribution is 6.05. The van der Waals surface area contributed by atoms with E-state index < -0.39 is 0 Å². The highest BCUT2D eigenvalue weighted by atomic mass is 16.1. The molecule has 1 saturated carbocycles. The molecule has 0 bridgehead atoms. The van der Waals surface area contributed by atoms with Crippen molar-refractivity contribution in [3.8, 4) is 0 Å². The number of hydrogen-bond donors (Lipinski definition) is 0. The summed E-state index contributed by atoms with van der Waals surface area (Å²) in [6.07, 6.45) is 1.42. The Morgan fingerprint density at radius 3 is 2.05 bits per heavy atom. The highest BCUT2D eigenvalue weighted by Crippen LogP contribution is 2.38. The van der Waals surface area contributed by atoms with Crippen LogP contribution in [0.4, 0.5) is 0 Å². The summed E-state index contributed by atoms with van der Waals surface area (Å²) in [5, 5.41) is 0. The Morgan fingerprint density at radius 2 is 1.55 bits per heavy atom. The maximum absolute atomic E-state index is 12.8. The van der Waals surface area contributed by atoms with Crippen LogP contribution in [-0.2, 0) is 4.79 Å². The molecule has 3 rings (SSSR count). The molecule has 0 aromatic heterocycles. The van der Waals surface area contributed by atoms with Crippen LogP contribution < -0.4 is 0 Å². The van der Waals surface area contributed by atoms with Crippen LogP contribution in [0.15, 0.2) is 60.7 Å². The summed E-state index contributed by atoms with van der Waals surface area (Å²) in [5.74, 6) is -0.219. The summed E-state index contributed by atoms with van der Waals surface area (Å²) >= 11 is 0. The van der Waals surface area contributed by atoms with Gasteiger partial charge < -0.3 is 0 Å². The van der Waals surface area contributed by atoms with E-state index in [1.54, 1.807) is 0 Å². The van der Waals surface area contributed by atoms with Gasteiger partial charge in [-0.15, -0.1) is 0 Å². The molecule has 0 aliphatic heterocycles. The van der Waals surface area contributed by atoms with E-state index in [1.807, 2.05) is 60.7 Å². The zero-order valence-corrected chi connectivity index (χ0v) is 11.2. The molecular formula is C18H16O2. The molecule has 0 spiro atoms. The third-order valence-corrected chi connectivity index (χ3v) is 4.02. The fourth-order valence-electron chi connectivity index (χ4n) is 2.79. The molecule has 0 saturated heterocycles. The molecule has 2 atom stereocenters. The highest BCUT2D eigenvalue weighted by Gasteiger charge is 2.40. The van der Waals surface area contributed by atoms with Crippen LogP contribution >= 0.6 is 0 Å². The summed E-state index contributed by atoms with van der Waals surface area (Å²) in [5.41, 5.74) is 1.63. The Kier molecular flexibility index (Phi) is 3.46. The molecule has 1 fully saturated rings. The van der Waals surface area contributed by atoms with E-state index in [0.29, 0.717) is 12.0 Å². The minimum Gasteiger partial charge on any atom is -0.299 e. The zero-order chi connectivity index (χ0) is 13.9. The van der Waals surface area contributed by atoms with Crippen molar-refractivity contribution in [2.45, 2.75) is 18.8 Å². The summed E-state index contributed by atoms with van der Waals surface area (Å²) in [7, 11) is 0. The van der Waals surface area contributed by atoms with Gasteiger partial charge >= 0.3 is 0 Å². The van der Waals surface area contributed by atoms with Crippen molar-refractivity contribution in [2.75, 3.05) is 0 Å². The molecule has 20 heavy (non-hydrogen) atoms. The topological polar surface area (TPSA) is 34.1 Å². The standard InChI is InChI=1S/C18H16O2/c19-16-12-11-15(16)17(13-7-3-1-4-8-13)18(20)14-9-5-2-6-10-14/h1-10,15,17H,11-12H2/t15-,17-/m0/s1. The van der Waals surface area contributed by atoms with Gasteiger partial charge in [-0.05, 0) is 12.0 Å². The number of carbonyl (C=O) groups is 2. The molecule has 1 aliphatic rings. The van der Waals surface area contributed by atoms with E-state index in [-0.39, 0.29) is 23.4 Å². The monoisotopic (exact) mass is 264 g/mol. The Labute approximate surface area is 118 Å². The van der Waals surface area contributed by atoms with E-state index in [1.165, 1.54) is 0 Å². The van der Waals surface area contributed by atoms with Crippen molar-refractivity contribution < 1.29 is 9.59 Å². The number of Topliss-reactive ketones (excluding diaryl/α,β-unsaturated/α-hetero) is 2. The number of rotatable bonds is 4. The Bertz CT molecular complexity index is 616. The Balaban J connectivity index is 1.98. The molecule has 0 radical (unpaired) electrons. The molecule has 100 valence electrons. The SMILES string of the molecule is O=C1CC[C@@H]1[C@@H](C(=O)c1ccccc1)c1ccccc1. The van der Waals surface area contributed by atoms with Gasteiger partial charge in [0.2, 0.25) is 0 Å². The van der Waals surface area contributed by atoms with Crippen LogP contribution in [0, 0.1) is 5.92 Å². The molecule has 2 nitrogen and oxygen atoms in total. The maximum atomic E-state index is 12.8. The van der Waals surface area contributed by atoms with Gasteiger partial charge in [0.25, 0.3) is 0 Å². The second kappa shape index (κ2) is 5.41. The van der Waals surface area contributed by atoms with E-state index >= 15 is 0 Å². The number of carbonyl (C=O) groups excluding carboxylic acids is 2. The predicted molar refractivity (Wildman–Crippen MR) is 77.7 cm³/mol. The molecule has 0 N–H and O–H groups in total. The molecule has 2 aromatic carbocycles. The van der Waals surface area contributed by atoms with Crippen molar-refractivity contribution in [3.05, 3.63) is 71.8 Å². The van der Waals surface area contributed by atoms with E-state index in [4.69, 9.17) is 0 Å². The number of benzene rings is 2. The number of hydrogen-bond acceptors (Lipinski definition) is 2. The first-order valence-corrected chi connectivity index (χ1v) is 6.94. The quantitative estimate of drug-likeness (QED) is 0.790. The summed E-state index contributed by atoms with van der Waals surface area (Å²) in [4.78, 5) is 24.6. The van der Waals surface area contributed by atoms with Gasteiger partial charge in [-0.2, -0.15) is 0 Å². The van der Waals surface area contributed by atoms with Crippen molar-refractivity contribution in [1.82, 2.24) is 0 Å². The maximum Gasteiger partial charge on any atom is 0.171 e. The van der Waals surface area contributed by atoms with E-state index in [9.17, 15) is 9.59 Å². The lowest BCUT2D eigenvalue weighted by Gasteiger charge is -2.31. The third kappa shape index (κ3) is 2.29. The molecular weight excluding hydrogens is 248 g/mol. The van der Waals surface area contributed by atoms with Crippen molar-refractivity contribution in [2.24, 2.45) is 5.92 Å². The van der Waals surface area contributed by atoms with Gasteiger partial charge in [0.1, 0.15) is 5.78 Å². The van der Waals surface area contributed by atoms with Gasteiger partial charge in [-0.3, -0.25) is 9.59 Å². The molecule has 2 heteroatoms. The van der Waals surface area contributed by atoms with Crippen LogP contribution in [0.2, 0.25) is 0 Å². The fourth-order valence-corrected chi connectivity index (χ4v) is 2.79. The van der Waals surface area contributed by atoms with E-state index in [0.717, 1.165) is 12.0 Å². The van der Waals surface area contributed by atoms with Crippen LogP contribution in [0.25, 0.3) is 0 Å². The summed E-state index contributed by atoms with van der Waals surface area (Å²) in [6.45, 7) is 0. The van der Waals surface area contributed by atoms with Crippen LogP contribution in [-0.4, -0.2) is 11.6 Å². The minimum atomic E-state index is -0.333. The van der Waals surface area contributed by atoms with Crippen molar-refractivity contribution in [3.63, 3.8) is 0 Å². The van der Waals surface area contributed by atoms with Gasteiger partial charge in [-0.25, -0.2) is 0 Å². The van der Waals surface area contributed by atoms with Gasteiger partial charge in [-0.1, -0.05) is 60.7 Å². The van der Waals surface area contributed by atoms with Gasteiger partial charge in [0.15, 0.2) is 5.78 Å². The average Bonchev–Trinajstić information content (AvgIpc) is 2.52. The molecule has 0 unspecified atom stereocenters. The van der Waals surface area contributed by atoms with Gasteiger partial charge in [0, 0.05) is 17.9 Å². The minimum absolute atomic E-state index is 0.0508. The number of ketones is 2. The molecule has 0 heterocycles. The van der Waals surface area contributed by atoms with Crippen molar-refractivity contribution >= 4 is 11.6 Å². The smallest absolute Gasteiger partial charge is 0.171 e. The first kappa shape index (κ1) is 12.8. The Morgan fingerprint density at radius 1 is 0.950 bits per heavy atom. The summed E-state index contributed by atoms with van der Waals surface area (Å²) in [6, 6.07) is 18.9. The molecule has 0 amide bonds. The van der Waals surface area contributed by atoms with E-state index in [2.05, 4.69) is 0 Å². The van der Waals surface area contributed by atoms with Crippen LogP contribution in [0.3, 0.4) is 0 Å². The predicted octanol–water partition coefficient (Wildman–Crippen LogP) is 3.63. The second-order valence-corrected chi connectivity index (χ2v) is 5.23. The summed E-state index contributed by atoms with van der Waals surface area (Å²) < 4.78 is 0. The lowest BCUT2D eigenvalue weighted by molar-refractivity contribution is -0.129. The lowest BCUT2D eigenvalue weighted by atomic mass is 9.69. The lowest BCUT2D eigenvalue weighted by Crippen LogP contribution is -2.35. The third-order valence-electron chi connectivity index (χ3n) is 4.02. The van der Waals surface area contributed by atoms with Crippen LogP contribution in [0.5, 0.6) is 0 Å². The normalized spacial score (nSPS) is 19.2. The fraction of sp³-hybridized carbons (Fsp3) is 0.222. The average molecular weight is 264 g/mol. The largest absolute Gasteiger partial charge is 0.299 e. The Hall–Kier alpha value is -2.22. The van der Waals surface area contributed by atoms with Gasteiger partial charge in [0.05, 0.1) is 5.92 Å². The molecule has 2 aromatic rings. The molecule has 1 aliphatic carbocycles. The first-order valence-electron chi connectivity index (χ1n) is 6.94. The van der Waals surface area contributed by atoms with Crippen LogP contribution in [0.1, 0.15) is 34.7 Å². The zero-order valence-electron chi connectivity index (χ0n) is 11.2. The second-order valence-electron chi connectivity index (χ2n) is 5.23. The van der Waals surface area contributed by atoms with Crippen molar-refractivity contribution in [1.29, 1.82) is 0 Å².